The summed E-state index contributed by atoms with van der Waals surface area (Å²) in [5.74, 6) is 0.452. The molecule has 1 fully saturated rings. The number of para-hydroxylation sites is 1. The van der Waals surface area contributed by atoms with Crippen molar-refractivity contribution in [2.24, 2.45) is 0 Å². The highest BCUT2D eigenvalue weighted by atomic mass is 35.5. The van der Waals surface area contributed by atoms with Crippen LogP contribution in [0.3, 0.4) is 0 Å². The second kappa shape index (κ2) is 7.93. The number of halogens is 2. The van der Waals surface area contributed by atoms with E-state index in [1.807, 2.05) is 18.2 Å². The van der Waals surface area contributed by atoms with Gasteiger partial charge in [0.05, 0.1) is 34.4 Å². The van der Waals surface area contributed by atoms with Gasteiger partial charge < -0.3 is 9.47 Å². The van der Waals surface area contributed by atoms with Crippen LogP contribution in [0.25, 0.3) is 10.2 Å². The summed E-state index contributed by atoms with van der Waals surface area (Å²) < 4.78 is 13.0. The Morgan fingerprint density at radius 1 is 1.41 bits per heavy atom. The summed E-state index contributed by atoms with van der Waals surface area (Å²) in [7, 11) is 1.61. The monoisotopic (exact) mass is 442 g/mol. The molecule has 1 aliphatic heterocycles. The van der Waals surface area contributed by atoms with Gasteiger partial charge >= 0.3 is 0 Å². The van der Waals surface area contributed by atoms with Gasteiger partial charge in [0.1, 0.15) is 15.6 Å². The molecule has 1 aromatic carbocycles. The first-order chi connectivity index (χ1) is 13.1. The van der Waals surface area contributed by atoms with E-state index < -0.39 is 0 Å². The predicted octanol–water partition coefficient (Wildman–Crippen LogP) is 5.50. The van der Waals surface area contributed by atoms with Crippen LogP contribution in [0.5, 0.6) is 5.75 Å². The lowest BCUT2D eigenvalue weighted by Crippen LogP contribution is -2.37. The number of anilines is 1. The van der Waals surface area contributed by atoms with E-state index in [-0.39, 0.29) is 12.0 Å². The van der Waals surface area contributed by atoms with Gasteiger partial charge in [-0.25, -0.2) is 4.98 Å². The maximum Gasteiger partial charge on any atom is 0.262 e. The topological polar surface area (TPSA) is 51.7 Å². The van der Waals surface area contributed by atoms with Crippen LogP contribution in [-0.4, -0.2) is 37.3 Å². The quantitative estimate of drug-likeness (QED) is 0.523. The predicted molar refractivity (Wildman–Crippen MR) is 111 cm³/mol. The molecule has 142 valence electrons. The van der Waals surface area contributed by atoms with Crippen molar-refractivity contribution in [2.45, 2.75) is 18.9 Å². The Hall–Kier alpha value is -1.38. The van der Waals surface area contributed by atoms with E-state index in [1.54, 1.807) is 18.1 Å². The van der Waals surface area contributed by atoms with Crippen LogP contribution in [0.1, 0.15) is 23.2 Å². The molecule has 0 N–H and O–H groups in total. The Kier molecular flexibility index (Phi) is 5.57. The molecular weight excluding hydrogens is 427 g/mol. The molecule has 5 nitrogen and oxygen atoms in total. The Bertz CT molecular complexity index is 982. The van der Waals surface area contributed by atoms with Gasteiger partial charge in [0.2, 0.25) is 0 Å². The fraction of sp³-hybridized carbons (Fsp3) is 0.333. The third kappa shape index (κ3) is 3.79. The van der Waals surface area contributed by atoms with Crippen molar-refractivity contribution in [3.05, 3.63) is 38.5 Å². The van der Waals surface area contributed by atoms with Gasteiger partial charge in [0, 0.05) is 6.61 Å². The van der Waals surface area contributed by atoms with Crippen molar-refractivity contribution in [1.29, 1.82) is 0 Å². The molecule has 1 unspecified atom stereocenters. The molecule has 0 radical (unpaired) electrons. The fourth-order valence-electron chi connectivity index (χ4n) is 3.06. The average molecular weight is 443 g/mol. The molecule has 0 saturated carbocycles. The first kappa shape index (κ1) is 19.0. The number of fused-ring (bicyclic) bond motifs is 1. The maximum absolute atomic E-state index is 13.3. The second-order valence-corrected chi connectivity index (χ2v) is 9.39. The number of thiophene rings is 1. The van der Waals surface area contributed by atoms with Gasteiger partial charge in [-0.3, -0.25) is 9.69 Å². The minimum atomic E-state index is -0.225. The van der Waals surface area contributed by atoms with Gasteiger partial charge in [0.25, 0.3) is 5.91 Å². The molecule has 1 aliphatic rings. The van der Waals surface area contributed by atoms with E-state index in [0.29, 0.717) is 38.3 Å². The highest BCUT2D eigenvalue weighted by Crippen LogP contribution is 2.37. The van der Waals surface area contributed by atoms with E-state index in [4.69, 9.17) is 32.7 Å². The van der Waals surface area contributed by atoms with Crippen LogP contribution in [0, 0.1) is 0 Å². The second-order valence-electron chi connectivity index (χ2n) is 6.09. The molecule has 2 aromatic heterocycles. The molecule has 9 heteroatoms. The number of aromatic nitrogens is 1. The maximum atomic E-state index is 13.3. The third-order valence-corrected chi connectivity index (χ3v) is 6.90. The average Bonchev–Trinajstić information content (AvgIpc) is 3.38. The van der Waals surface area contributed by atoms with E-state index in [9.17, 15) is 4.79 Å². The summed E-state index contributed by atoms with van der Waals surface area (Å²) >= 11 is 14.9. The largest absolute Gasteiger partial charge is 0.494 e. The molecule has 1 amide bonds. The highest BCUT2D eigenvalue weighted by Gasteiger charge is 2.29. The molecule has 0 spiro atoms. The molecule has 1 saturated heterocycles. The molecule has 27 heavy (non-hydrogen) atoms. The molecule has 3 heterocycles. The SMILES string of the molecule is COc1cccc2sc(N(CC3CCCO3)C(=O)c3cc(Cl)sc3Cl)nc12. The fourth-order valence-corrected chi connectivity index (χ4v) is 5.50. The Morgan fingerprint density at radius 3 is 2.93 bits per heavy atom. The number of benzene rings is 1. The Morgan fingerprint density at radius 2 is 2.26 bits per heavy atom. The van der Waals surface area contributed by atoms with Gasteiger partial charge in [-0.05, 0) is 31.0 Å². The number of carbonyl (C=O) groups excluding carboxylic acids is 1. The van der Waals surface area contributed by atoms with Gasteiger partial charge in [0.15, 0.2) is 5.13 Å². The number of hydrogen-bond donors (Lipinski definition) is 0. The van der Waals surface area contributed by atoms with Crippen molar-refractivity contribution in [3.8, 4) is 5.75 Å². The summed E-state index contributed by atoms with van der Waals surface area (Å²) in [5, 5.41) is 0.591. The van der Waals surface area contributed by atoms with Crippen LogP contribution in [0.2, 0.25) is 8.67 Å². The number of carbonyl (C=O) groups is 1. The molecule has 0 aliphatic carbocycles. The minimum Gasteiger partial charge on any atom is -0.494 e. The zero-order valence-electron chi connectivity index (χ0n) is 14.4. The first-order valence-corrected chi connectivity index (χ1v) is 10.8. The number of amides is 1. The summed E-state index contributed by atoms with van der Waals surface area (Å²) in [6.45, 7) is 1.14. The lowest BCUT2D eigenvalue weighted by atomic mass is 10.2. The van der Waals surface area contributed by atoms with E-state index >= 15 is 0 Å². The Balaban J connectivity index is 1.75. The van der Waals surface area contributed by atoms with Crippen molar-refractivity contribution in [2.75, 3.05) is 25.2 Å². The van der Waals surface area contributed by atoms with Crippen LogP contribution in [-0.2, 0) is 4.74 Å². The summed E-state index contributed by atoms with van der Waals surface area (Å²) in [4.78, 5) is 19.6. The summed E-state index contributed by atoms with van der Waals surface area (Å²) in [6, 6.07) is 7.33. The molecule has 3 aromatic rings. The van der Waals surface area contributed by atoms with Crippen molar-refractivity contribution in [1.82, 2.24) is 4.98 Å². The highest BCUT2D eigenvalue weighted by molar-refractivity contribution is 7.22. The van der Waals surface area contributed by atoms with Crippen molar-refractivity contribution >= 4 is 67.1 Å². The molecule has 1 atom stereocenters. The van der Waals surface area contributed by atoms with E-state index in [2.05, 4.69) is 4.98 Å². The third-order valence-electron chi connectivity index (χ3n) is 4.36. The number of methoxy groups -OCH3 is 1. The van der Waals surface area contributed by atoms with Crippen LogP contribution in [0.4, 0.5) is 5.13 Å². The van der Waals surface area contributed by atoms with Gasteiger partial charge in [-0.2, -0.15) is 0 Å². The number of hydrogen-bond acceptors (Lipinski definition) is 6. The molecule has 0 bridgehead atoms. The van der Waals surface area contributed by atoms with Crippen LogP contribution in [0.15, 0.2) is 24.3 Å². The zero-order valence-corrected chi connectivity index (χ0v) is 17.6. The van der Waals surface area contributed by atoms with E-state index in [0.717, 1.165) is 23.1 Å². The number of thiazole rings is 1. The summed E-state index contributed by atoms with van der Waals surface area (Å²) in [6.07, 6.45) is 1.89. The van der Waals surface area contributed by atoms with Crippen molar-refractivity contribution in [3.63, 3.8) is 0 Å². The summed E-state index contributed by atoms with van der Waals surface area (Å²) in [5.41, 5.74) is 1.12. The smallest absolute Gasteiger partial charge is 0.262 e. The van der Waals surface area contributed by atoms with E-state index in [1.165, 1.54) is 22.7 Å². The number of rotatable bonds is 5. The lowest BCUT2D eigenvalue weighted by Gasteiger charge is -2.22. The van der Waals surface area contributed by atoms with Crippen molar-refractivity contribution < 1.29 is 14.3 Å². The van der Waals surface area contributed by atoms with Crippen LogP contribution >= 0.6 is 45.9 Å². The first-order valence-electron chi connectivity index (χ1n) is 8.38. The van der Waals surface area contributed by atoms with Gasteiger partial charge in [-0.15, -0.1) is 11.3 Å². The molecular formula is C18H16Cl2N2O3S2. The van der Waals surface area contributed by atoms with Crippen LogP contribution < -0.4 is 9.64 Å². The number of nitrogens with zero attached hydrogens (tertiary/aromatic N) is 2. The minimum absolute atomic E-state index is 0.0178. The standard InChI is InChI=1S/C18H16Cl2N2O3S2/c1-24-12-5-2-6-13-15(12)21-18(26-13)22(9-10-4-3-7-25-10)17(23)11-8-14(19)27-16(11)20/h2,5-6,8,10H,3-4,7,9H2,1H3. The molecule has 4 rings (SSSR count). The Labute approximate surface area is 174 Å². The van der Waals surface area contributed by atoms with Gasteiger partial charge in [-0.1, -0.05) is 40.6 Å². The normalized spacial score (nSPS) is 16.8. The number of ether oxygens (including phenoxy) is 2. The lowest BCUT2D eigenvalue weighted by molar-refractivity contribution is 0.0918. The zero-order chi connectivity index (χ0) is 19.0.